The molecule has 0 aliphatic rings. The van der Waals surface area contributed by atoms with E-state index in [1.807, 2.05) is 0 Å². The number of rotatable bonds is 3. The smallest absolute Gasteiger partial charge is 0.0446 e. The molecule has 0 rings (SSSR count). The molecule has 0 saturated carbocycles. The minimum Gasteiger partial charge on any atom is -0.119 e. The zero-order valence-electron chi connectivity index (χ0n) is 9.59. The van der Waals surface area contributed by atoms with Crippen molar-refractivity contribution in [3.63, 3.8) is 0 Å². The summed E-state index contributed by atoms with van der Waals surface area (Å²) in [6.07, 6.45) is 1.16. The van der Waals surface area contributed by atoms with Gasteiger partial charge in [0.05, 0.1) is 0 Å². The van der Waals surface area contributed by atoms with Crippen LogP contribution in [0.4, 0.5) is 0 Å². The maximum absolute atomic E-state index is 6.39. The summed E-state index contributed by atoms with van der Waals surface area (Å²) in [5.74, 6) is 0. The second-order valence-electron chi connectivity index (χ2n) is 5.33. The van der Waals surface area contributed by atoms with Crippen LogP contribution >= 0.6 is 11.6 Å². The van der Waals surface area contributed by atoms with Gasteiger partial charge in [-0.15, -0.1) is 11.6 Å². The van der Waals surface area contributed by atoms with Crippen molar-refractivity contribution in [3.05, 3.63) is 0 Å². The molecular formula is C11H23Cl. The average Bonchev–Trinajstić information content (AvgIpc) is 1.85. The van der Waals surface area contributed by atoms with E-state index in [9.17, 15) is 0 Å². The van der Waals surface area contributed by atoms with Crippen molar-refractivity contribution in [1.82, 2.24) is 0 Å². The quantitative estimate of drug-likeness (QED) is 0.577. The fourth-order valence-electron chi connectivity index (χ4n) is 1.25. The molecule has 0 heterocycles. The molecule has 0 aliphatic carbocycles. The number of halogens is 1. The van der Waals surface area contributed by atoms with Gasteiger partial charge in [-0.1, -0.05) is 41.0 Å². The number of alkyl halides is 1. The highest BCUT2D eigenvalue weighted by atomic mass is 35.5. The summed E-state index contributed by atoms with van der Waals surface area (Å²) in [5, 5.41) is 0. The van der Waals surface area contributed by atoms with E-state index >= 15 is 0 Å². The van der Waals surface area contributed by atoms with Crippen molar-refractivity contribution in [1.29, 1.82) is 0 Å². The van der Waals surface area contributed by atoms with E-state index in [2.05, 4.69) is 48.5 Å². The molecule has 0 atom stereocenters. The van der Waals surface area contributed by atoms with E-state index in [0.717, 1.165) is 6.42 Å². The molecule has 0 aromatic carbocycles. The minimum atomic E-state index is -0.146. The topological polar surface area (TPSA) is 0 Å². The van der Waals surface area contributed by atoms with Gasteiger partial charge in [0.15, 0.2) is 0 Å². The molecule has 12 heavy (non-hydrogen) atoms. The predicted octanol–water partition coefficient (Wildman–Crippen LogP) is 4.47. The second-order valence-corrected chi connectivity index (χ2v) is 6.28. The van der Waals surface area contributed by atoms with Crippen LogP contribution in [-0.2, 0) is 0 Å². The van der Waals surface area contributed by atoms with Gasteiger partial charge in [0.25, 0.3) is 0 Å². The van der Waals surface area contributed by atoms with Crippen LogP contribution < -0.4 is 0 Å². The van der Waals surface area contributed by atoms with Crippen molar-refractivity contribution in [2.24, 2.45) is 10.8 Å². The lowest BCUT2D eigenvalue weighted by Gasteiger charge is -2.49. The number of hydrogen-bond donors (Lipinski definition) is 0. The van der Waals surface area contributed by atoms with Gasteiger partial charge in [0.1, 0.15) is 0 Å². The first-order valence-corrected chi connectivity index (χ1v) is 5.13. The Labute approximate surface area is 82.7 Å². The molecule has 0 unspecified atom stereocenters. The first-order valence-electron chi connectivity index (χ1n) is 4.75. The van der Waals surface area contributed by atoms with Crippen LogP contribution in [0.1, 0.15) is 54.9 Å². The Bertz CT molecular complexity index is 149. The summed E-state index contributed by atoms with van der Waals surface area (Å²) in [4.78, 5) is -0.146. The van der Waals surface area contributed by atoms with Crippen LogP contribution in [0.15, 0.2) is 0 Å². The van der Waals surface area contributed by atoms with Gasteiger partial charge >= 0.3 is 0 Å². The molecule has 0 aromatic heterocycles. The van der Waals surface area contributed by atoms with Gasteiger partial charge in [-0.2, -0.15) is 0 Å². The summed E-state index contributed by atoms with van der Waals surface area (Å²) in [6.45, 7) is 15.5. The summed E-state index contributed by atoms with van der Waals surface area (Å²) >= 11 is 6.39. The molecule has 0 N–H and O–H groups in total. The molecule has 0 nitrogen and oxygen atoms in total. The highest BCUT2D eigenvalue weighted by molar-refractivity contribution is 6.23. The summed E-state index contributed by atoms with van der Waals surface area (Å²) in [6, 6.07) is 0. The van der Waals surface area contributed by atoms with Gasteiger partial charge in [-0.25, -0.2) is 0 Å². The van der Waals surface area contributed by atoms with Crippen LogP contribution in [-0.4, -0.2) is 4.87 Å². The highest BCUT2D eigenvalue weighted by Crippen LogP contribution is 2.51. The Morgan fingerprint density at radius 2 is 1.25 bits per heavy atom. The van der Waals surface area contributed by atoms with E-state index in [0.29, 0.717) is 0 Å². The molecule has 0 bridgehead atoms. The van der Waals surface area contributed by atoms with Gasteiger partial charge in [0, 0.05) is 4.87 Å². The summed E-state index contributed by atoms with van der Waals surface area (Å²) in [5.41, 5.74) is 0.439. The Balaban J connectivity index is 4.85. The third-order valence-corrected chi connectivity index (χ3v) is 4.53. The molecule has 74 valence electrons. The molecule has 0 saturated heterocycles. The van der Waals surface area contributed by atoms with Gasteiger partial charge in [-0.05, 0) is 24.7 Å². The van der Waals surface area contributed by atoms with Gasteiger partial charge < -0.3 is 0 Å². The molecule has 0 fully saturated rings. The lowest BCUT2D eigenvalue weighted by Crippen LogP contribution is -2.45. The standard InChI is InChI=1S/C11H23Cl/c1-8-9(2,3)10(4,5)11(6,7)12/h8H2,1-7H3. The van der Waals surface area contributed by atoms with Crippen LogP contribution in [0.5, 0.6) is 0 Å². The Morgan fingerprint density at radius 3 is 1.33 bits per heavy atom. The van der Waals surface area contributed by atoms with Gasteiger partial charge in [-0.3, -0.25) is 0 Å². The van der Waals surface area contributed by atoms with E-state index in [4.69, 9.17) is 11.6 Å². The van der Waals surface area contributed by atoms with E-state index in [1.54, 1.807) is 0 Å². The highest BCUT2D eigenvalue weighted by Gasteiger charge is 2.45. The maximum atomic E-state index is 6.39. The van der Waals surface area contributed by atoms with Crippen LogP contribution in [0.25, 0.3) is 0 Å². The molecule has 0 radical (unpaired) electrons. The largest absolute Gasteiger partial charge is 0.119 e. The van der Waals surface area contributed by atoms with Crippen molar-refractivity contribution in [2.75, 3.05) is 0 Å². The molecule has 1 heteroatoms. The fraction of sp³-hybridized carbons (Fsp3) is 1.00. The average molecular weight is 191 g/mol. The zero-order valence-corrected chi connectivity index (χ0v) is 10.3. The fourth-order valence-corrected chi connectivity index (χ4v) is 1.50. The first-order chi connectivity index (χ1) is 5.06. The molecule has 0 aromatic rings. The summed E-state index contributed by atoms with van der Waals surface area (Å²) in [7, 11) is 0. The Kier molecular flexibility index (Phi) is 3.29. The predicted molar refractivity (Wildman–Crippen MR) is 57.8 cm³/mol. The Hall–Kier alpha value is 0.290. The van der Waals surface area contributed by atoms with Gasteiger partial charge in [0.2, 0.25) is 0 Å². The van der Waals surface area contributed by atoms with Crippen molar-refractivity contribution in [2.45, 2.75) is 59.8 Å². The maximum Gasteiger partial charge on any atom is 0.0446 e. The lowest BCUT2D eigenvalue weighted by molar-refractivity contribution is 0.0669. The molecule has 0 amide bonds. The molecule has 0 aliphatic heterocycles. The third-order valence-electron chi connectivity index (χ3n) is 4.06. The van der Waals surface area contributed by atoms with Crippen LogP contribution in [0, 0.1) is 10.8 Å². The molecule has 0 spiro atoms. The van der Waals surface area contributed by atoms with Crippen molar-refractivity contribution >= 4 is 11.6 Å². The van der Waals surface area contributed by atoms with E-state index in [1.165, 1.54) is 0 Å². The lowest BCUT2D eigenvalue weighted by atomic mass is 9.60. The van der Waals surface area contributed by atoms with Crippen LogP contribution in [0.3, 0.4) is 0 Å². The zero-order chi connectivity index (χ0) is 10.2. The van der Waals surface area contributed by atoms with Crippen molar-refractivity contribution in [3.8, 4) is 0 Å². The minimum absolute atomic E-state index is 0.146. The SMILES string of the molecule is CCC(C)(C)C(C)(C)C(C)(C)Cl. The van der Waals surface area contributed by atoms with E-state index < -0.39 is 0 Å². The summed E-state index contributed by atoms with van der Waals surface area (Å²) < 4.78 is 0. The van der Waals surface area contributed by atoms with Crippen LogP contribution in [0.2, 0.25) is 0 Å². The normalized spacial score (nSPS) is 15.0. The second kappa shape index (κ2) is 3.21. The van der Waals surface area contributed by atoms with E-state index in [-0.39, 0.29) is 15.7 Å². The Morgan fingerprint density at radius 1 is 0.917 bits per heavy atom. The molecular weight excluding hydrogens is 168 g/mol. The monoisotopic (exact) mass is 190 g/mol. The number of hydrogen-bond acceptors (Lipinski definition) is 0. The first kappa shape index (κ1) is 12.3. The van der Waals surface area contributed by atoms with Crippen molar-refractivity contribution < 1.29 is 0 Å². The third kappa shape index (κ3) is 1.96.